The molecule has 3 N–H and O–H groups in total. The minimum Gasteiger partial charge on any atom is -0.491 e. The van der Waals surface area contributed by atoms with Crippen LogP contribution in [0.15, 0.2) is 18.2 Å². The summed E-state index contributed by atoms with van der Waals surface area (Å²) in [5.74, 6) is 3.03. The monoisotopic (exact) mass is 268 g/mol. The average molecular weight is 268 g/mol. The molecule has 1 atom stereocenters. The molecule has 0 aliphatic rings. The fourth-order valence-electron chi connectivity index (χ4n) is 1.58. The predicted octanol–water partition coefficient (Wildman–Crippen LogP) is 3.61. The molecule has 18 heavy (non-hydrogen) atoms. The molecule has 0 fully saturated rings. The summed E-state index contributed by atoms with van der Waals surface area (Å²) in [6.45, 7) is 7.15. The number of nitrogens with one attached hydrogen (secondary N) is 1. The number of rotatable bonds is 8. The third-order valence-electron chi connectivity index (χ3n) is 2.46. The second-order valence-corrected chi connectivity index (χ2v) is 5.62. The summed E-state index contributed by atoms with van der Waals surface area (Å²) in [4.78, 5) is 0. The number of hydrogen-bond acceptors (Lipinski definition) is 4. The van der Waals surface area contributed by atoms with Crippen molar-refractivity contribution in [3.8, 4) is 5.75 Å². The van der Waals surface area contributed by atoms with Gasteiger partial charge < -0.3 is 15.8 Å². The Kier molecular flexibility index (Phi) is 6.80. The lowest BCUT2D eigenvalue weighted by atomic mass is 10.2. The number of anilines is 2. The van der Waals surface area contributed by atoms with E-state index in [1.54, 1.807) is 0 Å². The number of thioether (sulfide) groups is 1. The van der Waals surface area contributed by atoms with Gasteiger partial charge in [-0.25, -0.2) is 0 Å². The largest absolute Gasteiger partial charge is 0.491 e. The van der Waals surface area contributed by atoms with Gasteiger partial charge in [0.2, 0.25) is 0 Å². The first-order chi connectivity index (χ1) is 8.67. The Morgan fingerprint density at radius 3 is 2.83 bits per heavy atom. The Morgan fingerprint density at radius 1 is 1.39 bits per heavy atom. The fourth-order valence-corrected chi connectivity index (χ4v) is 2.25. The quantitative estimate of drug-likeness (QED) is 0.707. The highest BCUT2D eigenvalue weighted by Crippen LogP contribution is 2.26. The van der Waals surface area contributed by atoms with Crippen LogP contribution in [-0.2, 0) is 0 Å². The predicted molar refractivity (Wildman–Crippen MR) is 82.7 cm³/mol. The molecule has 0 aromatic heterocycles. The standard InChI is InChI=1S/C14H24N2OS/c1-4-8-17-14-9-12(6-7-13(14)15)16-11(3)10-18-5-2/h6-7,9,11,16H,4-5,8,10,15H2,1-3H3. The maximum atomic E-state index is 5.88. The van der Waals surface area contributed by atoms with Gasteiger partial charge in [-0.2, -0.15) is 11.8 Å². The topological polar surface area (TPSA) is 47.3 Å². The lowest BCUT2D eigenvalue weighted by molar-refractivity contribution is 0.319. The molecule has 3 nitrogen and oxygen atoms in total. The molecule has 1 rings (SSSR count). The summed E-state index contributed by atoms with van der Waals surface area (Å²) in [6, 6.07) is 6.32. The molecule has 4 heteroatoms. The summed E-state index contributed by atoms with van der Waals surface area (Å²) in [6.07, 6.45) is 0.987. The van der Waals surface area contributed by atoms with Crippen molar-refractivity contribution in [3.05, 3.63) is 18.2 Å². The molecule has 0 radical (unpaired) electrons. The first kappa shape index (κ1) is 15.0. The Morgan fingerprint density at radius 2 is 2.17 bits per heavy atom. The highest BCUT2D eigenvalue weighted by molar-refractivity contribution is 7.99. The number of nitrogens with two attached hydrogens (primary N) is 1. The third-order valence-corrected chi connectivity index (χ3v) is 3.60. The van der Waals surface area contributed by atoms with Gasteiger partial charge in [0.1, 0.15) is 5.75 Å². The molecule has 102 valence electrons. The molecule has 0 aliphatic carbocycles. The number of benzene rings is 1. The second kappa shape index (κ2) is 8.14. The van der Waals surface area contributed by atoms with Crippen LogP contribution in [0.3, 0.4) is 0 Å². The van der Waals surface area contributed by atoms with Crippen molar-refractivity contribution in [2.45, 2.75) is 33.2 Å². The van der Waals surface area contributed by atoms with E-state index in [4.69, 9.17) is 10.5 Å². The van der Waals surface area contributed by atoms with E-state index >= 15 is 0 Å². The summed E-state index contributed by atoms with van der Waals surface area (Å²) >= 11 is 1.94. The van der Waals surface area contributed by atoms with Gasteiger partial charge in [0.05, 0.1) is 12.3 Å². The Labute approximate surface area is 114 Å². The van der Waals surface area contributed by atoms with Crippen LogP contribution in [0.2, 0.25) is 0 Å². The van der Waals surface area contributed by atoms with Crippen molar-refractivity contribution in [2.24, 2.45) is 0 Å². The smallest absolute Gasteiger partial charge is 0.144 e. The van der Waals surface area contributed by atoms with E-state index in [0.717, 1.165) is 29.4 Å². The molecule has 0 aliphatic heterocycles. The van der Waals surface area contributed by atoms with Crippen molar-refractivity contribution in [2.75, 3.05) is 29.2 Å². The van der Waals surface area contributed by atoms with E-state index in [1.807, 2.05) is 30.0 Å². The van der Waals surface area contributed by atoms with E-state index in [9.17, 15) is 0 Å². The van der Waals surface area contributed by atoms with Crippen molar-refractivity contribution >= 4 is 23.1 Å². The van der Waals surface area contributed by atoms with E-state index in [-0.39, 0.29) is 0 Å². The van der Waals surface area contributed by atoms with E-state index in [1.165, 1.54) is 0 Å². The van der Waals surface area contributed by atoms with Crippen molar-refractivity contribution in [1.82, 2.24) is 0 Å². The van der Waals surface area contributed by atoms with Crippen LogP contribution in [0.1, 0.15) is 27.2 Å². The molecule has 1 aromatic rings. The fraction of sp³-hybridized carbons (Fsp3) is 0.571. The van der Waals surface area contributed by atoms with E-state index < -0.39 is 0 Å². The zero-order valence-corrected chi connectivity index (χ0v) is 12.3. The van der Waals surface area contributed by atoms with Gasteiger partial charge in [0.25, 0.3) is 0 Å². The van der Waals surface area contributed by atoms with Crippen molar-refractivity contribution in [3.63, 3.8) is 0 Å². The summed E-state index contributed by atoms with van der Waals surface area (Å²) in [5, 5.41) is 3.46. The minimum absolute atomic E-state index is 0.442. The van der Waals surface area contributed by atoms with Crippen molar-refractivity contribution in [1.29, 1.82) is 0 Å². The van der Waals surface area contributed by atoms with Gasteiger partial charge >= 0.3 is 0 Å². The van der Waals surface area contributed by atoms with Gasteiger partial charge in [0, 0.05) is 23.5 Å². The number of ether oxygens (including phenoxy) is 1. The number of hydrogen-bond donors (Lipinski definition) is 2. The first-order valence-corrected chi connectivity index (χ1v) is 7.69. The molecule has 0 saturated heterocycles. The zero-order chi connectivity index (χ0) is 13.4. The Bertz CT molecular complexity index is 358. The SMILES string of the molecule is CCCOc1cc(NC(C)CSCC)ccc1N. The van der Waals surface area contributed by atoms with Crippen molar-refractivity contribution < 1.29 is 4.74 Å². The molecule has 0 saturated carbocycles. The van der Waals surface area contributed by atoms with E-state index in [2.05, 4.69) is 26.1 Å². The Hall–Kier alpha value is -1.03. The average Bonchev–Trinajstić information content (AvgIpc) is 2.37. The van der Waals surface area contributed by atoms with E-state index in [0.29, 0.717) is 18.3 Å². The zero-order valence-electron chi connectivity index (χ0n) is 11.5. The highest BCUT2D eigenvalue weighted by Gasteiger charge is 2.05. The second-order valence-electron chi connectivity index (χ2n) is 4.31. The lowest BCUT2D eigenvalue weighted by Crippen LogP contribution is -2.18. The Balaban J connectivity index is 2.60. The molecule has 0 heterocycles. The molecule has 1 unspecified atom stereocenters. The molecule has 0 spiro atoms. The highest BCUT2D eigenvalue weighted by atomic mass is 32.2. The molecular formula is C14H24N2OS. The maximum Gasteiger partial charge on any atom is 0.144 e. The third kappa shape index (κ3) is 5.08. The van der Waals surface area contributed by atoms with Gasteiger partial charge in [0.15, 0.2) is 0 Å². The summed E-state index contributed by atoms with van der Waals surface area (Å²) < 4.78 is 5.62. The van der Waals surface area contributed by atoms with Gasteiger partial charge in [-0.3, -0.25) is 0 Å². The minimum atomic E-state index is 0.442. The van der Waals surface area contributed by atoms with Crippen LogP contribution >= 0.6 is 11.8 Å². The van der Waals surface area contributed by atoms with Crippen LogP contribution in [0.25, 0.3) is 0 Å². The molecule has 0 bridgehead atoms. The number of nitrogen functional groups attached to an aromatic ring is 1. The van der Waals surface area contributed by atoms with Gasteiger partial charge in [-0.15, -0.1) is 0 Å². The van der Waals surface area contributed by atoms with Gasteiger partial charge in [-0.05, 0) is 31.2 Å². The normalized spacial score (nSPS) is 12.2. The first-order valence-electron chi connectivity index (χ1n) is 6.54. The summed E-state index contributed by atoms with van der Waals surface area (Å²) in [7, 11) is 0. The van der Waals surface area contributed by atoms with Gasteiger partial charge in [-0.1, -0.05) is 13.8 Å². The molecule has 0 amide bonds. The van der Waals surface area contributed by atoms with Crippen LogP contribution in [0.4, 0.5) is 11.4 Å². The van der Waals surface area contributed by atoms with Crippen LogP contribution in [-0.4, -0.2) is 24.2 Å². The molecule has 1 aromatic carbocycles. The lowest BCUT2D eigenvalue weighted by Gasteiger charge is -2.16. The van der Waals surface area contributed by atoms with Crippen LogP contribution in [0.5, 0.6) is 5.75 Å². The summed E-state index contributed by atoms with van der Waals surface area (Å²) in [5.41, 5.74) is 7.65. The molecular weight excluding hydrogens is 244 g/mol. The van der Waals surface area contributed by atoms with Crippen LogP contribution < -0.4 is 15.8 Å². The van der Waals surface area contributed by atoms with Crippen LogP contribution in [0, 0.1) is 0 Å². The maximum absolute atomic E-state index is 5.88.